The summed E-state index contributed by atoms with van der Waals surface area (Å²) in [6.07, 6.45) is 0. The average molecular weight is 355 g/mol. The van der Waals surface area contributed by atoms with Crippen molar-refractivity contribution in [2.45, 2.75) is 0 Å². The minimum absolute atomic E-state index is 0.623. The number of hydrazine groups is 3. The van der Waals surface area contributed by atoms with Gasteiger partial charge in [0.1, 0.15) is 0 Å². The Kier molecular flexibility index (Phi) is 4.66. The molecule has 0 saturated carbocycles. The summed E-state index contributed by atoms with van der Waals surface area (Å²) in [5, 5.41) is 8.43. The standard InChI is InChI=1S/C12H23N9P2/c1-16-19(4)23(15-14-13-12-10-8-7-9-11-12)20(5)17(2)22(16)18(3)21(23)6/h7-11H,1-6H3. The molecule has 23 heavy (non-hydrogen) atoms. The molecule has 3 aliphatic heterocycles. The van der Waals surface area contributed by atoms with Gasteiger partial charge < -0.3 is 0 Å². The van der Waals surface area contributed by atoms with Crippen LogP contribution in [0.2, 0.25) is 0 Å². The summed E-state index contributed by atoms with van der Waals surface area (Å²) in [6, 6.07) is 9.67. The summed E-state index contributed by atoms with van der Waals surface area (Å²) < 4.78 is 13.3. The largest absolute Gasteiger partial charge is 0.235 e. The Morgan fingerprint density at radius 1 is 0.783 bits per heavy atom. The highest BCUT2D eigenvalue weighted by Crippen LogP contribution is 2.75. The van der Waals surface area contributed by atoms with Gasteiger partial charge in [-0.3, -0.25) is 0 Å². The van der Waals surface area contributed by atoms with Crippen molar-refractivity contribution >= 4 is 21.6 Å². The zero-order chi connectivity index (χ0) is 16.8. The minimum Gasteiger partial charge on any atom is -0.187 e. The fourth-order valence-electron chi connectivity index (χ4n) is 2.79. The SMILES string of the molecule is CN1N(C)P2(=NN=Nc3ccccc3)N(C)N(C)P1N(C)N2C. The molecule has 2 bridgehead atoms. The number of fused-ring (bicyclic) bond motifs is 3. The first-order valence-corrected chi connectivity index (χ1v) is 10.0. The molecule has 0 spiro atoms. The van der Waals surface area contributed by atoms with E-state index in [1.807, 2.05) is 30.3 Å². The zero-order valence-corrected chi connectivity index (χ0v) is 16.1. The third-order valence-electron chi connectivity index (χ3n) is 4.27. The van der Waals surface area contributed by atoms with E-state index in [2.05, 4.69) is 81.3 Å². The molecule has 3 saturated heterocycles. The first-order valence-electron chi connectivity index (χ1n) is 7.22. The Labute approximate surface area is 138 Å². The first kappa shape index (κ1) is 17.1. The van der Waals surface area contributed by atoms with Crippen LogP contribution in [0.25, 0.3) is 0 Å². The van der Waals surface area contributed by atoms with E-state index >= 15 is 0 Å². The van der Waals surface area contributed by atoms with Gasteiger partial charge in [0.05, 0.1) is 5.69 Å². The van der Waals surface area contributed by atoms with Gasteiger partial charge in [-0.1, -0.05) is 23.1 Å². The minimum atomic E-state index is -2.23. The Bertz CT molecular complexity index is 604. The maximum absolute atomic E-state index is 4.69. The lowest BCUT2D eigenvalue weighted by Gasteiger charge is -2.65. The van der Waals surface area contributed by atoms with Gasteiger partial charge in [-0.15, -0.1) is 5.11 Å². The van der Waals surface area contributed by atoms with E-state index in [4.69, 9.17) is 4.85 Å². The van der Waals surface area contributed by atoms with Crippen molar-refractivity contribution in [2.24, 2.45) is 15.2 Å². The van der Waals surface area contributed by atoms with Crippen molar-refractivity contribution in [3.8, 4) is 0 Å². The summed E-state index contributed by atoms with van der Waals surface area (Å²) >= 11 is 0. The van der Waals surface area contributed by atoms with Crippen LogP contribution in [0.15, 0.2) is 45.5 Å². The van der Waals surface area contributed by atoms with Crippen LogP contribution < -0.4 is 0 Å². The van der Waals surface area contributed by atoms with Crippen LogP contribution in [0, 0.1) is 0 Å². The molecule has 3 aliphatic rings. The highest BCUT2D eigenvalue weighted by atomic mass is 31.2. The fourth-order valence-corrected chi connectivity index (χ4v) is 8.88. The van der Waals surface area contributed by atoms with Gasteiger partial charge >= 0.3 is 0 Å². The number of hydrogen-bond acceptors (Lipinski definition) is 4. The molecule has 9 nitrogen and oxygen atoms in total. The highest BCUT2D eigenvalue weighted by Gasteiger charge is 2.57. The number of hydrogen-bond donors (Lipinski definition) is 0. The molecule has 0 aliphatic carbocycles. The predicted molar refractivity (Wildman–Crippen MR) is 93.8 cm³/mol. The molecular formula is C12H23N9P2. The van der Waals surface area contributed by atoms with E-state index in [9.17, 15) is 0 Å². The molecule has 0 radical (unpaired) electrons. The third-order valence-corrected chi connectivity index (χ3v) is 10.5. The Morgan fingerprint density at radius 3 is 1.74 bits per heavy atom. The Hall–Kier alpha value is -0.760. The number of nitrogens with zero attached hydrogens (tertiary/aromatic N) is 9. The van der Waals surface area contributed by atoms with Gasteiger partial charge in [-0.25, -0.2) is 0 Å². The molecular weight excluding hydrogens is 332 g/mol. The van der Waals surface area contributed by atoms with E-state index in [1.165, 1.54) is 0 Å². The van der Waals surface area contributed by atoms with Crippen molar-refractivity contribution in [2.75, 3.05) is 42.3 Å². The molecule has 1 aromatic carbocycles. The predicted octanol–water partition coefficient (Wildman–Crippen LogP) is 3.22. The van der Waals surface area contributed by atoms with Crippen LogP contribution in [0.5, 0.6) is 0 Å². The quantitative estimate of drug-likeness (QED) is 0.461. The van der Waals surface area contributed by atoms with E-state index in [1.54, 1.807) is 0 Å². The van der Waals surface area contributed by atoms with Crippen molar-refractivity contribution in [3.63, 3.8) is 0 Å². The third kappa shape index (κ3) is 2.49. The first-order chi connectivity index (χ1) is 10.9. The topological polar surface area (TPSA) is 56.5 Å². The summed E-state index contributed by atoms with van der Waals surface area (Å²) in [4.78, 5) is 4.69. The Morgan fingerprint density at radius 2 is 1.26 bits per heavy atom. The maximum atomic E-state index is 4.69. The lowest BCUT2D eigenvalue weighted by molar-refractivity contribution is 0.0294. The second kappa shape index (κ2) is 6.27. The molecule has 3 fully saturated rings. The van der Waals surface area contributed by atoms with Gasteiger partial charge in [0.25, 0.3) is 0 Å². The van der Waals surface area contributed by atoms with Gasteiger partial charge in [-0.05, 0) is 17.4 Å². The second-order valence-corrected chi connectivity index (χ2v) is 10.6. The molecule has 3 heterocycles. The molecule has 1 aromatic rings. The Balaban J connectivity index is 2.04. The van der Waals surface area contributed by atoms with Crippen LogP contribution in [0.3, 0.4) is 0 Å². The van der Waals surface area contributed by atoms with Gasteiger partial charge in [0.2, 0.25) is 7.51 Å². The smallest absolute Gasteiger partial charge is 0.187 e. The summed E-state index contributed by atoms with van der Waals surface area (Å²) in [7, 11) is 9.64. The van der Waals surface area contributed by atoms with Crippen molar-refractivity contribution in [1.82, 2.24) is 28.7 Å². The summed E-state index contributed by atoms with van der Waals surface area (Å²) in [6.45, 7) is 0. The molecule has 0 N–H and O–H groups in total. The molecule has 0 aromatic heterocycles. The molecule has 126 valence electrons. The van der Waals surface area contributed by atoms with Gasteiger partial charge in [0, 0.05) is 42.3 Å². The fraction of sp³-hybridized carbons (Fsp3) is 0.500. The van der Waals surface area contributed by atoms with Crippen LogP contribution in [-0.2, 0) is 0 Å². The van der Waals surface area contributed by atoms with E-state index < -0.39 is 15.9 Å². The zero-order valence-electron chi connectivity index (χ0n) is 14.3. The molecule has 4 rings (SSSR count). The monoisotopic (exact) mass is 355 g/mol. The van der Waals surface area contributed by atoms with E-state index in [-0.39, 0.29) is 0 Å². The maximum Gasteiger partial charge on any atom is 0.235 e. The number of rotatable bonds is 2. The van der Waals surface area contributed by atoms with Crippen molar-refractivity contribution in [3.05, 3.63) is 30.3 Å². The molecule has 0 unspecified atom stereocenters. The molecule has 0 atom stereocenters. The second-order valence-electron chi connectivity index (χ2n) is 5.36. The van der Waals surface area contributed by atoms with Crippen LogP contribution in [0.4, 0.5) is 5.69 Å². The number of benzene rings is 1. The van der Waals surface area contributed by atoms with E-state index in [0.29, 0.717) is 0 Å². The lowest BCUT2D eigenvalue weighted by Crippen LogP contribution is -2.62. The van der Waals surface area contributed by atoms with Crippen LogP contribution in [0.1, 0.15) is 0 Å². The lowest BCUT2D eigenvalue weighted by atomic mass is 10.3. The molecule has 11 heteroatoms. The van der Waals surface area contributed by atoms with E-state index in [0.717, 1.165) is 5.69 Å². The summed E-state index contributed by atoms with van der Waals surface area (Å²) in [5.41, 5.74) is 0.800. The summed E-state index contributed by atoms with van der Waals surface area (Å²) in [5.74, 6) is 0. The van der Waals surface area contributed by atoms with Crippen LogP contribution >= 0.6 is 15.9 Å². The van der Waals surface area contributed by atoms with Crippen LogP contribution in [-0.4, -0.2) is 71.0 Å². The average Bonchev–Trinajstić information content (AvgIpc) is 2.55. The normalized spacial score (nSPS) is 32.2. The van der Waals surface area contributed by atoms with Gasteiger partial charge in [0.15, 0.2) is 8.37 Å². The molecule has 0 amide bonds. The highest BCUT2D eigenvalue weighted by molar-refractivity contribution is 7.64. The van der Waals surface area contributed by atoms with Gasteiger partial charge in [-0.2, -0.15) is 28.7 Å². The van der Waals surface area contributed by atoms with Crippen molar-refractivity contribution < 1.29 is 0 Å². The van der Waals surface area contributed by atoms with Crippen molar-refractivity contribution in [1.29, 1.82) is 0 Å².